The first-order valence-electron chi connectivity index (χ1n) is 7.05. The van der Waals surface area contributed by atoms with Gasteiger partial charge in [0.2, 0.25) is 0 Å². The molecule has 2 rings (SSSR count). The zero-order valence-corrected chi connectivity index (χ0v) is 13.4. The summed E-state index contributed by atoms with van der Waals surface area (Å²) in [7, 11) is 0. The van der Waals surface area contributed by atoms with E-state index in [-0.39, 0.29) is 5.69 Å². The van der Waals surface area contributed by atoms with Gasteiger partial charge in [0.05, 0.1) is 0 Å². The fraction of sp³-hybridized carbons (Fsp3) is 0.429. The van der Waals surface area contributed by atoms with Crippen molar-refractivity contribution in [2.75, 3.05) is 0 Å². The molecule has 0 bridgehead atoms. The van der Waals surface area contributed by atoms with Gasteiger partial charge in [-0.05, 0) is 38.9 Å². The molecule has 0 aromatic carbocycles. The van der Waals surface area contributed by atoms with Crippen LogP contribution in [0.5, 0.6) is 0 Å². The maximum absolute atomic E-state index is 11.9. The van der Waals surface area contributed by atoms with Crippen molar-refractivity contribution < 1.29 is 14.2 Å². The largest absolute Gasteiger partial charge is 0.444 e. The maximum Gasteiger partial charge on any atom is 0.408 e. The zero-order chi connectivity index (χ0) is 17.0. The van der Waals surface area contributed by atoms with Crippen LogP contribution < -0.4 is 10.00 Å². The highest BCUT2D eigenvalue weighted by atomic mass is 16.6. The molecule has 2 aromatic rings. The molecular weight excluding hydrogens is 300 g/mol. The molecule has 0 aliphatic carbocycles. The second-order valence-electron chi connectivity index (χ2n) is 5.91. The van der Waals surface area contributed by atoms with E-state index in [0.717, 1.165) is 0 Å². The lowest BCUT2D eigenvalue weighted by atomic mass is 10.2. The van der Waals surface area contributed by atoms with Gasteiger partial charge in [0.25, 0.3) is 11.6 Å². The van der Waals surface area contributed by atoms with Crippen molar-refractivity contribution in [3.63, 3.8) is 0 Å². The third-order valence-corrected chi connectivity index (χ3v) is 2.80. The van der Waals surface area contributed by atoms with Gasteiger partial charge in [-0.1, -0.05) is 4.98 Å². The number of amides is 1. The van der Waals surface area contributed by atoms with Crippen molar-refractivity contribution in [3.8, 4) is 5.82 Å². The first-order chi connectivity index (χ1) is 10.8. The third-order valence-electron chi connectivity index (χ3n) is 2.80. The predicted molar refractivity (Wildman–Crippen MR) is 81.2 cm³/mol. The molecule has 1 amide bonds. The number of aromatic amines is 1. The Morgan fingerprint density at radius 1 is 1.39 bits per heavy atom. The number of carbonyl (C=O) groups excluding carboxylic acids is 1. The summed E-state index contributed by atoms with van der Waals surface area (Å²) in [5.41, 5.74) is -0.347. The first-order valence-corrected chi connectivity index (χ1v) is 7.05. The fourth-order valence-electron chi connectivity index (χ4n) is 1.88. The molecule has 122 valence electrons. The monoisotopic (exact) mass is 319 g/mol. The Labute approximate surface area is 133 Å². The second-order valence-corrected chi connectivity index (χ2v) is 5.91. The lowest BCUT2D eigenvalue weighted by molar-refractivity contribution is -0.669. The van der Waals surface area contributed by atoms with Crippen LogP contribution in [0.15, 0.2) is 29.8 Å². The minimum atomic E-state index is -0.579. The number of alkyl carbamates (subject to hydrolysis) is 1. The molecule has 2 N–H and O–H groups in total. The highest BCUT2D eigenvalue weighted by Gasteiger charge is 2.25. The van der Waals surface area contributed by atoms with E-state index in [1.807, 2.05) is 0 Å². The van der Waals surface area contributed by atoms with Crippen LogP contribution in [0.3, 0.4) is 0 Å². The molecule has 0 aliphatic rings. The molecule has 0 saturated heterocycles. The molecule has 0 fully saturated rings. The fourth-order valence-corrected chi connectivity index (χ4v) is 1.88. The summed E-state index contributed by atoms with van der Waals surface area (Å²) in [6, 6.07) is 2.75. The van der Waals surface area contributed by atoms with Crippen LogP contribution >= 0.6 is 0 Å². The molecule has 0 saturated carbocycles. The number of nitrogens with one attached hydrogen (secondary N) is 2. The van der Waals surface area contributed by atoms with Gasteiger partial charge in [-0.15, -0.1) is 14.6 Å². The summed E-state index contributed by atoms with van der Waals surface area (Å²) in [6.45, 7) is 7.15. The number of nitrogens with zero attached hydrogens (tertiary/aromatic N) is 4. The lowest BCUT2D eigenvalue weighted by Crippen LogP contribution is -2.43. The number of carbonyl (C=O) groups is 1. The van der Waals surface area contributed by atoms with Crippen LogP contribution in [0.1, 0.15) is 39.6 Å². The Bertz CT molecular complexity index is 689. The smallest absolute Gasteiger partial charge is 0.408 e. The molecule has 2 aromatic heterocycles. The summed E-state index contributed by atoms with van der Waals surface area (Å²) < 4.78 is 6.82. The third kappa shape index (κ3) is 4.31. The van der Waals surface area contributed by atoms with Crippen molar-refractivity contribution in [1.82, 2.24) is 20.4 Å². The number of nitroso groups, excluding NO2 is 1. The van der Waals surface area contributed by atoms with Crippen molar-refractivity contribution in [2.24, 2.45) is 5.18 Å². The van der Waals surface area contributed by atoms with Crippen LogP contribution in [-0.2, 0) is 4.74 Å². The number of H-pyrrole nitrogens is 1. The van der Waals surface area contributed by atoms with E-state index in [9.17, 15) is 9.70 Å². The summed E-state index contributed by atoms with van der Waals surface area (Å²) in [5.74, 6) is 1.05. The van der Waals surface area contributed by atoms with E-state index < -0.39 is 17.7 Å². The molecule has 0 spiro atoms. The number of hydrogen-bond acceptors (Lipinski definition) is 6. The summed E-state index contributed by atoms with van der Waals surface area (Å²) in [6.07, 6.45) is 2.30. The zero-order valence-electron chi connectivity index (χ0n) is 13.4. The molecule has 0 radical (unpaired) electrons. The molecular formula is C14H19N6O3+. The van der Waals surface area contributed by atoms with Crippen LogP contribution in [0.2, 0.25) is 0 Å². The molecule has 1 atom stereocenters. The molecule has 9 heteroatoms. The van der Waals surface area contributed by atoms with Gasteiger partial charge >= 0.3 is 6.09 Å². The molecule has 2 heterocycles. The Kier molecular flexibility index (Phi) is 4.68. The average molecular weight is 319 g/mol. The van der Waals surface area contributed by atoms with Gasteiger partial charge in [0, 0.05) is 6.07 Å². The normalized spacial score (nSPS) is 12.5. The molecule has 0 aliphatic heterocycles. The van der Waals surface area contributed by atoms with Crippen LogP contribution in [0.4, 0.5) is 10.5 Å². The van der Waals surface area contributed by atoms with E-state index in [4.69, 9.17) is 4.74 Å². The van der Waals surface area contributed by atoms with E-state index in [1.54, 1.807) is 44.5 Å². The number of pyridine rings is 1. The van der Waals surface area contributed by atoms with Gasteiger partial charge in [0.15, 0.2) is 6.33 Å². The molecule has 23 heavy (non-hydrogen) atoms. The summed E-state index contributed by atoms with van der Waals surface area (Å²) in [4.78, 5) is 30.6. The van der Waals surface area contributed by atoms with Crippen LogP contribution in [-0.4, -0.2) is 26.8 Å². The Balaban J connectivity index is 2.16. The van der Waals surface area contributed by atoms with Crippen molar-refractivity contribution in [1.29, 1.82) is 0 Å². The van der Waals surface area contributed by atoms with Gasteiger partial charge in [-0.3, -0.25) is 0 Å². The quantitative estimate of drug-likeness (QED) is 0.661. The van der Waals surface area contributed by atoms with E-state index >= 15 is 0 Å². The highest BCUT2D eigenvalue weighted by Crippen LogP contribution is 2.12. The second kappa shape index (κ2) is 6.51. The SMILES string of the molecule is C[C@H](NC(=O)OC(C)(C)C)c1nc[nH][n+]1-c1ccc(N=O)cn1. The number of hydrogen-bond donors (Lipinski definition) is 2. The topological polar surface area (TPSA) is 113 Å². The average Bonchev–Trinajstić information content (AvgIpc) is 2.94. The van der Waals surface area contributed by atoms with Crippen LogP contribution in [0.25, 0.3) is 5.82 Å². The lowest BCUT2D eigenvalue weighted by Gasteiger charge is -2.20. The standard InChI is InChI=1S/C14H18N6O3/c1-9(18-13(21)23-14(2,3)4)12-16-8-17-20(12)11-6-5-10(19-22)7-15-11/h5-9H,1-4H3,(H,18,21)/p+1/t9-/m0/s1. The van der Waals surface area contributed by atoms with Crippen molar-refractivity contribution >= 4 is 11.8 Å². The maximum atomic E-state index is 11.9. The highest BCUT2D eigenvalue weighted by molar-refractivity contribution is 5.68. The summed E-state index contributed by atoms with van der Waals surface area (Å²) in [5, 5.41) is 8.42. The minimum Gasteiger partial charge on any atom is -0.444 e. The van der Waals surface area contributed by atoms with Crippen molar-refractivity contribution in [2.45, 2.75) is 39.3 Å². The van der Waals surface area contributed by atoms with E-state index in [2.05, 4.69) is 25.6 Å². The minimum absolute atomic E-state index is 0.232. The molecule has 9 nitrogen and oxygen atoms in total. The van der Waals surface area contributed by atoms with Gasteiger partial charge in [-0.2, -0.15) is 0 Å². The van der Waals surface area contributed by atoms with E-state index in [1.165, 1.54) is 12.5 Å². The Hall–Kier alpha value is -2.84. The number of aromatic nitrogens is 4. The Morgan fingerprint density at radius 3 is 2.70 bits per heavy atom. The van der Waals surface area contributed by atoms with Gasteiger partial charge in [0.1, 0.15) is 23.5 Å². The predicted octanol–water partition coefficient (Wildman–Crippen LogP) is 2.06. The van der Waals surface area contributed by atoms with Crippen molar-refractivity contribution in [3.05, 3.63) is 35.4 Å². The van der Waals surface area contributed by atoms with Crippen LogP contribution in [0, 0.1) is 4.91 Å². The van der Waals surface area contributed by atoms with Gasteiger partial charge in [-0.25, -0.2) is 9.89 Å². The van der Waals surface area contributed by atoms with E-state index in [0.29, 0.717) is 11.6 Å². The number of rotatable bonds is 4. The molecule has 0 unspecified atom stereocenters. The first kappa shape index (κ1) is 16.5. The van der Waals surface area contributed by atoms with Gasteiger partial charge < -0.3 is 10.1 Å². The Morgan fingerprint density at radius 2 is 2.13 bits per heavy atom. The number of ether oxygens (including phenoxy) is 1. The summed E-state index contributed by atoms with van der Waals surface area (Å²) >= 11 is 0.